The van der Waals surface area contributed by atoms with Crippen molar-refractivity contribution in [1.82, 2.24) is 9.97 Å². The number of nitrogens with zero attached hydrogens (tertiary/aromatic N) is 5. The number of benzene rings is 2. The Hall–Kier alpha value is -3.28. The Morgan fingerprint density at radius 1 is 0.815 bits per heavy atom. The zero-order valence-corrected chi connectivity index (χ0v) is 15.5. The maximum absolute atomic E-state index is 6.48. The molecule has 4 rings (SSSR count). The van der Waals surface area contributed by atoms with Crippen molar-refractivity contribution in [2.75, 3.05) is 53.7 Å². The lowest BCUT2D eigenvalue weighted by Gasteiger charge is -2.37. The molecule has 0 unspecified atom stereocenters. The molecule has 0 atom stereocenters. The second-order valence-electron chi connectivity index (χ2n) is 6.64. The SMILES string of the molecule is CN(c1ccccc1)c1ncnc(N2CCN(c3ccccc3)CC2)c1N. The molecule has 1 aliphatic heterocycles. The van der Waals surface area contributed by atoms with Gasteiger partial charge in [0.2, 0.25) is 0 Å². The summed E-state index contributed by atoms with van der Waals surface area (Å²) in [4.78, 5) is 15.5. The van der Waals surface area contributed by atoms with Crippen molar-refractivity contribution >= 4 is 28.7 Å². The molecule has 0 saturated carbocycles. The Morgan fingerprint density at radius 2 is 1.41 bits per heavy atom. The molecule has 2 heterocycles. The minimum atomic E-state index is 0.622. The predicted molar refractivity (Wildman–Crippen MR) is 112 cm³/mol. The highest BCUT2D eigenvalue weighted by molar-refractivity contribution is 5.79. The topological polar surface area (TPSA) is 61.5 Å². The molecule has 0 aliphatic carbocycles. The van der Waals surface area contributed by atoms with Crippen molar-refractivity contribution < 1.29 is 0 Å². The number of hydrogen-bond acceptors (Lipinski definition) is 6. The van der Waals surface area contributed by atoms with Gasteiger partial charge in [-0.3, -0.25) is 0 Å². The number of aromatic nitrogens is 2. The van der Waals surface area contributed by atoms with Crippen LogP contribution in [0, 0.1) is 0 Å². The van der Waals surface area contributed by atoms with Gasteiger partial charge in [-0.1, -0.05) is 36.4 Å². The fraction of sp³-hybridized carbons (Fsp3) is 0.238. The van der Waals surface area contributed by atoms with E-state index in [1.54, 1.807) is 6.33 Å². The summed E-state index contributed by atoms with van der Waals surface area (Å²) in [6.45, 7) is 3.64. The van der Waals surface area contributed by atoms with Crippen LogP contribution >= 0.6 is 0 Å². The Kier molecular flexibility index (Phi) is 4.78. The van der Waals surface area contributed by atoms with E-state index in [4.69, 9.17) is 5.73 Å². The minimum absolute atomic E-state index is 0.622. The maximum Gasteiger partial charge on any atom is 0.161 e. The summed E-state index contributed by atoms with van der Waals surface area (Å²) < 4.78 is 0. The molecule has 1 aromatic heterocycles. The molecule has 1 aliphatic rings. The molecule has 3 aromatic rings. The molecule has 1 fully saturated rings. The molecular formula is C21H24N6. The van der Waals surface area contributed by atoms with Gasteiger partial charge >= 0.3 is 0 Å². The van der Waals surface area contributed by atoms with Gasteiger partial charge in [0, 0.05) is 44.6 Å². The lowest BCUT2D eigenvalue weighted by molar-refractivity contribution is 0.647. The van der Waals surface area contributed by atoms with E-state index in [1.165, 1.54) is 5.69 Å². The van der Waals surface area contributed by atoms with Crippen molar-refractivity contribution in [2.24, 2.45) is 0 Å². The average molecular weight is 360 g/mol. The smallest absolute Gasteiger partial charge is 0.161 e. The largest absolute Gasteiger partial charge is 0.393 e. The zero-order chi connectivity index (χ0) is 18.6. The van der Waals surface area contributed by atoms with Crippen molar-refractivity contribution in [3.63, 3.8) is 0 Å². The monoisotopic (exact) mass is 360 g/mol. The summed E-state index contributed by atoms with van der Waals surface area (Å²) in [6, 6.07) is 20.6. The van der Waals surface area contributed by atoms with Crippen molar-refractivity contribution in [3.05, 3.63) is 67.0 Å². The summed E-state index contributed by atoms with van der Waals surface area (Å²) in [7, 11) is 1.98. The second-order valence-corrected chi connectivity index (χ2v) is 6.64. The first kappa shape index (κ1) is 17.1. The van der Waals surface area contributed by atoms with Crippen LogP contribution in [0.3, 0.4) is 0 Å². The van der Waals surface area contributed by atoms with E-state index in [9.17, 15) is 0 Å². The van der Waals surface area contributed by atoms with Gasteiger partial charge in [-0.2, -0.15) is 0 Å². The maximum atomic E-state index is 6.48. The van der Waals surface area contributed by atoms with Crippen LogP contribution in [0.5, 0.6) is 0 Å². The summed E-state index contributed by atoms with van der Waals surface area (Å²) in [5.74, 6) is 1.55. The molecule has 1 saturated heterocycles. The van der Waals surface area contributed by atoms with Gasteiger partial charge in [-0.15, -0.1) is 0 Å². The molecule has 6 nitrogen and oxygen atoms in total. The lowest BCUT2D eigenvalue weighted by atomic mass is 10.2. The standard InChI is InChI=1S/C21H24N6/c1-25(17-8-4-2-5-9-17)20-19(22)21(24-16-23-20)27-14-12-26(13-15-27)18-10-6-3-7-11-18/h2-11,16H,12-15,22H2,1H3. The summed E-state index contributed by atoms with van der Waals surface area (Å²) in [5, 5.41) is 0. The van der Waals surface area contributed by atoms with Crippen LogP contribution in [0.1, 0.15) is 0 Å². The van der Waals surface area contributed by atoms with Gasteiger partial charge in [0.25, 0.3) is 0 Å². The first-order valence-corrected chi connectivity index (χ1v) is 9.18. The molecule has 0 radical (unpaired) electrons. The Labute approximate surface area is 159 Å². The Morgan fingerprint density at radius 3 is 2.07 bits per heavy atom. The molecule has 0 bridgehead atoms. The molecule has 2 N–H and O–H groups in total. The predicted octanol–water partition coefficient (Wildman–Crippen LogP) is 3.15. The molecule has 0 amide bonds. The number of hydrogen-bond donors (Lipinski definition) is 1. The van der Waals surface area contributed by atoms with Crippen molar-refractivity contribution in [2.45, 2.75) is 0 Å². The van der Waals surface area contributed by atoms with Crippen molar-refractivity contribution in [3.8, 4) is 0 Å². The van der Waals surface area contributed by atoms with Gasteiger partial charge in [0.1, 0.15) is 12.0 Å². The van der Waals surface area contributed by atoms with Crippen LogP contribution < -0.4 is 20.4 Å². The molecule has 0 spiro atoms. The Bertz CT molecular complexity index is 876. The minimum Gasteiger partial charge on any atom is -0.393 e. The number of para-hydroxylation sites is 2. The van der Waals surface area contributed by atoms with E-state index in [1.807, 2.05) is 48.3 Å². The van der Waals surface area contributed by atoms with E-state index in [0.717, 1.165) is 43.5 Å². The highest BCUT2D eigenvalue weighted by atomic mass is 15.3. The Balaban J connectivity index is 1.52. The van der Waals surface area contributed by atoms with Gasteiger partial charge < -0.3 is 20.4 Å². The zero-order valence-electron chi connectivity index (χ0n) is 15.5. The average Bonchev–Trinajstić information content (AvgIpc) is 2.75. The molecule has 2 aromatic carbocycles. The number of anilines is 5. The van der Waals surface area contributed by atoms with Crippen LogP contribution in [-0.4, -0.2) is 43.2 Å². The fourth-order valence-corrected chi connectivity index (χ4v) is 3.49. The van der Waals surface area contributed by atoms with Gasteiger partial charge in [-0.05, 0) is 24.3 Å². The van der Waals surface area contributed by atoms with E-state index in [2.05, 4.69) is 44.0 Å². The summed E-state index contributed by atoms with van der Waals surface area (Å²) in [6.07, 6.45) is 1.60. The third kappa shape index (κ3) is 3.51. The van der Waals surface area contributed by atoms with E-state index in [0.29, 0.717) is 5.69 Å². The molecular weight excluding hydrogens is 336 g/mol. The number of nitrogen functional groups attached to an aromatic ring is 1. The number of rotatable bonds is 4. The summed E-state index contributed by atoms with van der Waals surface area (Å²) in [5.41, 5.74) is 9.40. The van der Waals surface area contributed by atoms with Crippen LogP contribution in [0.15, 0.2) is 67.0 Å². The highest BCUT2D eigenvalue weighted by Gasteiger charge is 2.22. The van der Waals surface area contributed by atoms with Crippen LogP contribution in [0.25, 0.3) is 0 Å². The van der Waals surface area contributed by atoms with Crippen LogP contribution in [0.4, 0.5) is 28.7 Å². The van der Waals surface area contributed by atoms with Gasteiger partial charge in [0.05, 0.1) is 0 Å². The van der Waals surface area contributed by atoms with E-state index >= 15 is 0 Å². The first-order chi connectivity index (χ1) is 13.2. The fourth-order valence-electron chi connectivity index (χ4n) is 3.49. The van der Waals surface area contributed by atoms with Crippen molar-refractivity contribution in [1.29, 1.82) is 0 Å². The highest BCUT2D eigenvalue weighted by Crippen LogP contribution is 2.32. The van der Waals surface area contributed by atoms with Gasteiger partial charge in [0.15, 0.2) is 11.6 Å². The van der Waals surface area contributed by atoms with Crippen LogP contribution in [0.2, 0.25) is 0 Å². The number of nitrogens with two attached hydrogens (primary N) is 1. The van der Waals surface area contributed by atoms with E-state index < -0.39 is 0 Å². The van der Waals surface area contributed by atoms with E-state index in [-0.39, 0.29) is 0 Å². The molecule has 27 heavy (non-hydrogen) atoms. The second kappa shape index (κ2) is 7.53. The third-order valence-corrected chi connectivity index (χ3v) is 5.00. The van der Waals surface area contributed by atoms with Gasteiger partial charge in [-0.25, -0.2) is 9.97 Å². The molecule has 6 heteroatoms. The third-order valence-electron chi connectivity index (χ3n) is 5.00. The first-order valence-electron chi connectivity index (χ1n) is 9.18. The lowest BCUT2D eigenvalue weighted by Crippen LogP contribution is -2.47. The summed E-state index contributed by atoms with van der Waals surface area (Å²) >= 11 is 0. The molecule has 138 valence electrons. The van der Waals surface area contributed by atoms with Crippen LogP contribution in [-0.2, 0) is 0 Å². The quantitative estimate of drug-likeness (QED) is 0.771. The number of piperazine rings is 1. The normalized spacial score (nSPS) is 14.3.